The molecule has 0 bridgehead atoms. The van der Waals surface area contributed by atoms with Crippen molar-refractivity contribution < 1.29 is 5.11 Å². The molecule has 0 amide bonds. The number of aromatic nitrogens is 2. The Hall–Kier alpha value is -0.840. The summed E-state index contributed by atoms with van der Waals surface area (Å²) in [6.07, 6.45) is -0.524. The largest absolute Gasteiger partial charge is 0.389 e. The molecule has 0 spiro atoms. The summed E-state index contributed by atoms with van der Waals surface area (Å²) in [6.45, 7) is 5.62. The summed E-state index contributed by atoms with van der Waals surface area (Å²) in [7, 11) is 0. The Labute approximate surface area is 120 Å². The molecule has 1 atom stereocenters. The van der Waals surface area contributed by atoms with Crippen molar-refractivity contribution in [2.24, 2.45) is 0 Å². The molecule has 3 nitrogen and oxygen atoms in total. The monoisotopic (exact) mass is 328 g/mol. The molecule has 5 heteroatoms. The maximum atomic E-state index is 9.52. The molecule has 1 N–H and O–H groups in total. The summed E-state index contributed by atoms with van der Waals surface area (Å²) in [5.74, 6) is 0. The molecule has 18 heavy (non-hydrogen) atoms. The van der Waals surface area contributed by atoms with Crippen LogP contribution in [0.2, 0.25) is 5.02 Å². The van der Waals surface area contributed by atoms with E-state index in [4.69, 9.17) is 11.6 Å². The molecule has 0 fully saturated rings. The fraction of sp³-hybridized carbons (Fsp3) is 0.308. The highest BCUT2D eigenvalue weighted by Gasteiger charge is 2.13. The minimum absolute atomic E-state index is 0.524. The molecule has 1 aromatic carbocycles. The number of benzene rings is 1. The van der Waals surface area contributed by atoms with Crippen LogP contribution < -0.4 is 0 Å². The molecule has 0 aliphatic carbocycles. The highest BCUT2D eigenvalue weighted by atomic mass is 79.9. The van der Waals surface area contributed by atoms with Gasteiger partial charge in [0.2, 0.25) is 0 Å². The molecule has 2 rings (SSSR count). The van der Waals surface area contributed by atoms with Crippen molar-refractivity contribution in [2.45, 2.75) is 26.9 Å². The molecule has 1 aromatic heterocycles. The molecule has 96 valence electrons. The quantitative estimate of drug-likeness (QED) is 0.905. The van der Waals surface area contributed by atoms with Gasteiger partial charge >= 0.3 is 0 Å². The Balaban J connectivity index is 2.54. The topological polar surface area (TPSA) is 38.0 Å². The van der Waals surface area contributed by atoms with Gasteiger partial charge in [0.25, 0.3) is 0 Å². The zero-order valence-electron chi connectivity index (χ0n) is 10.4. The number of hydrogen-bond acceptors (Lipinski definition) is 2. The highest BCUT2D eigenvalue weighted by Crippen LogP contribution is 2.28. The van der Waals surface area contributed by atoms with Crippen LogP contribution in [0.1, 0.15) is 30.0 Å². The Bertz CT molecular complexity index is 593. The van der Waals surface area contributed by atoms with E-state index in [9.17, 15) is 5.11 Å². The van der Waals surface area contributed by atoms with Gasteiger partial charge in [0.15, 0.2) is 0 Å². The van der Waals surface area contributed by atoms with Crippen LogP contribution in [0, 0.1) is 13.8 Å². The van der Waals surface area contributed by atoms with E-state index in [2.05, 4.69) is 21.0 Å². The van der Waals surface area contributed by atoms with Gasteiger partial charge in [-0.2, -0.15) is 5.10 Å². The Morgan fingerprint density at radius 1 is 1.39 bits per heavy atom. The fourth-order valence-corrected chi connectivity index (χ4v) is 2.33. The van der Waals surface area contributed by atoms with Crippen LogP contribution in [0.3, 0.4) is 0 Å². The number of nitrogens with zero attached hydrogens (tertiary/aromatic N) is 2. The first kappa shape index (κ1) is 13.6. The highest BCUT2D eigenvalue weighted by molar-refractivity contribution is 9.10. The molecule has 0 unspecified atom stereocenters. The number of hydrogen-bond donors (Lipinski definition) is 1. The van der Waals surface area contributed by atoms with Crippen LogP contribution in [0.4, 0.5) is 0 Å². The van der Waals surface area contributed by atoms with E-state index in [1.807, 2.05) is 26.0 Å². The summed E-state index contributed by atoms with van der Waals surface area (Å²) in [4.78, 5) is 0. The lowest BCUT2D eigenvalue weighted by Gasteiger charge is -2.10. The van der Waals surface area contributed by atoms with Gasteiger partial charge in [-0.05, 0) is 54.4 Å². The molecule has 0 saturated carbocycles. The molecule has 0 aliphatic heterocycles. The Morgan fingerprint density at radius 2 is 2.06 bits per heavy atom. The first-order valence-corrected chi connectivity index (χ1v) is 6.78. The number of rotatable bonds is 2. The van der Waals surface area contributed by atoms with Gasteiger partial charge < -0.3 is 5.11 Å². The molecular weight excluding hydrogens is 316 g/mol. The molecule has 2 aromatic rings. The van der Waals surface area contributed by atoms with Gasteiger partial charge in [0.05, 0.1) is 32.7 Å². The lowest BCUT2D eigenvalue weighted by atomic mass is 10.1. The molecular formula is C13H14BrClN2O. The van der Waals surface area contributed by atoms with Gasteiger partial charge in [-0.3, -0.25) is 0 Å². The zero-order chi connectivity index (χ0) is 13.4. The van der Waals surface area contributed by atoms with Gasteiger partial charge in [-0.25, -0.2) is 4.68 Å². The third kappa shape index (κ3) is 2.32. The van der Waals surface area contributed by atoms with Crippen molar-refractivity contribution >= 4 is 27.5 Å². The second-order valence-corrected chi connectivity index (χ2v) is 5.48. The SMILES string of the molecule is Cc1nn(-c2ccc([C@H](C)O)cc2Cl)c(C)c1Br. The van der Waals surface area contributed by atoms with Crippen LogP contribution in [0.25, 0.3) is 5.69 Å². The van der Waals surface area contributed by atoms with Gasteiger partial charge in [-0.15, -0.1) is 0 Å². The predicted molar refractivity (Wildman–Crippen MR) is 76.4 cm³/mol. The average Bonchev–Trinajstić information content (AvgIpc) is 2.57. The lowest BCUT2D eigenvalue weighted by molar-refractivity contribution is 0.199. The number of aliphatic hydroxyl groups is 1. The van der Waals surface area contributed by atoms with Crippen LogP contribution in [0.15, 0.2) is 22.7 Å². The van der Waals surface area contributed by atoms with Crippen LogP contribution in [0.5, 0.6) is 0 Å². The second kappa shape index (κ2) is 5.03. The third-order valence-electron chi connectivity index (χ3n) is 2.89. The summed E-state index contributed by atoms with van der Waals surface area (Å²) in [5, 5.41) is 14.5. The first-order valence-electron chi connectivity index (χ1n) is 5.61. The minimum Gasteiger partial charge on any atom is -0.389 e. The fourth-order valence-electron chi connectivity index (χ4n) is 1.81. The molecule has 0 saturated heterocycles. The van der Waals surface area contributed by atoms with Crippen molar-refractivity contribution in [3.05, 3.63) is 44.6 Å². The summed E-state index contributed by atoms with van der Waals surface area (Å²) in [6, 6.07) is 5.50. The van der Waals surface area contributed by atoms with E-state index in [1.165, 1.54) is 0 Å². The van der Waals surface area contributed by atoms with Crippen molar-refractivity contribution in [1.82, 2.24) is 9.78 Å². The second-order valence-electron chi connectivity index (χ2n) is 4.28. The van der Waals surface area contributed by atoms with E-state index in [1.54, 1.807) is 17.7 Å². The van der Waals surface area contributed by atoms with Crippen LogP contribution in [-0.2, 0) is 0 Å². The third-order valence-corrected chi connectivity index (χ3v) is 4.34. The number of aliphatic hydroxyl groups excluding tert-OH is 1. The zero-order valence-corrected chi connectivity index (χ0v) is 12.7. The maximum Gasteiger partial charge on any atom is 0.0835 e. The standard InChI is InChI=1S/C13H14BrClN2O/c1-7-13(14)8(2)17(16-7)12-5-4-10(9(3)18)6-11(12)15/h4-6,9,18H,1-3H3/t9-/m0/s1. The first-order chi connectivity index (χ1) is 8.41. The van der Waals surface area contributed by atoms with Crippen LogP contribution in [-0.4, -0.2) is 14.9 Å². The average molecular weight is 330 g/mol. The van der Waals surface area contributed by atoms with Crippen molar-refractivity contribution in [1.29, 1.82) is 0 Å². The van der Waals surface area contributed by atoms with E-state index < -0.39 is 6.10 Å². The van der Waals surface area contributed by atoms with Gasteiger partial charge in [0.1, 0.15) is 0 Å². The van der Waals surface area contributed by atoms with E-state index >= 15 is 0 Å². The summed E-state index contributed by atoms with van der Waals surface area (Å²) >= 11 is 9.75. The van der Waals surface area contributed by atoms with Gasteiger partial charge in [-0.1, -0.05) is 17.7 Å². The lowest BCUT2D eigenvalue weighted by Crippen LogP contribution is -2.01. The van der Waals surface area contributed by atoms with E-state index in [-0.39, 0.29) is 0 Å². The minimum atomic E-state index is -0.524. The Kier molecular flexibility index (Phi) is 3.80. The molecule has 0 aliphatic rings. The van der Waals surface area contributed by atoms with Gasteiger partial charge in [0, 0.05) is 0 Å². The van der Waals surface area contributed by atoms with E-state index in [0.717, 1.165) is 27.1 Å². The predicted octanol–water partition coefficient (Wildman–Crippen LogP) is 3.96. The molecule has 0 radical (unpaired) electrons. The number of halogens is 2. The number of aryl methyl sites for hydroxylation is 1. The molecule has 1 heterocycles. The van der Waals surface area contributed by atoms with E-state index in [0.29, 0.717) is 5.02 Å². The normalized spacial score (nSPS) is 12.8. The smallest absolute Gasteiger partial charge is 0.0835 e. The maximum absolute atomic E-state index is 9.52. The summed E-state index contributed by atoms with van der Waals surface area (Å²) in [5.41, 5.74) is 3.53. The Morgan fingerprint density at radius 3 is 2.50 bits per heavy atom. The van der Waals surface area contributed by atoms with Crippen molar-refractivity contribution in [2.75, 3.05) is 0 Å². The van der Waals surface area contributed by atoms with Crippen molar-refractivity contribution in [3.8, 4) is 5.69 Å². The van der Waals surface area contributed by atoms with Crippen molar-refractivity contribution in [3.63, 3.8) is 0 Å². The summed E-state index contributed by atoms with van der Waals surface area (Å²) < 4.78 is 2.78. The van der Waals surface area contributed by atoms with Crippen LogP contribution >= 0.6 is 27.5 Å².